The van der Waals surface area contributed by atoms with E-state index in [1.54, 1.807) is 11.8 Å². The average Bonchev–Trinajstić information content (AvgIpc) is 2.56. The van der Waals surface area contributed by atoms with Crippen LogP contribution < -0.4 is 0 Å². The van der Waals surface area contributed by atoms with Gasteiger partial charge in [-0.1, -0.05) is 12.8 Å². The van der Waals surface area contributed by atoms with Crippen molar-refractivity contribution in [3.05, 3.63) is 0 Å². The van der Waals surface area contributed by atoms with Crippen LogP contribution in [-0.2, 0) is 4.79 Å². The molecular formula is C12H23NO2S. The quantitative estimate of drug-likeness (QED) is 0.752. The fraction of sp³-hybridized carbons (Fsp3) is 0.917. The van der Waals surface area contributed by atoms with Gasteiger partial charge in [-0.15, -0.1) is 11.8 Å². The monoisotopic (exact) mass is 245 g/mol. The molecule has 1 fully saturated rings. The maximum absolute atomic E-state index is 12.1. The first kappa shape index (κ1) is 13.8. The van der Waals surface area contributed by atoms with E-state index in [0.717, 1.165) is 38.1 Å². The summed E-state index contributed by atoms with van der Waals surface area (Å²) in [5.41, 5.74) is 0. The van der Waals surface area contributed by atoms with Crippen molar-refractivity contribution in [2.24, 2.45) is 0 Å². The minimum absolute atomic E-state index is 0.0460. The largest absolute Gasteiger partial charge is 0.396 e. The minimum atomic E-state index is 0.0460. The lowest BCUT2D eigenvalue weighted by molar-refractivity contribution is -0.130. The molecule has 0 aliphatic carbocycles. The van der Waals surface area contributed by atoms with E-state index >= 15 is 0 Å². The predicted octanol–water partition coefficient (Wildman–Crippen LogP) is 1.89. The van der Waals surface area contributed by atoms with Crippen LogP contribution in [0.4, 0.5) is 0 Å². The van der Waals surface area contributed by atoms with Crippen LogP contribution in [0.2, 0.25) is 0 Å². The second-order valence-corrected chi connectivity index (χ2v) is 5.78. The molecule has 1 N–H and O–H groups in total. The van der Waals surface area contributed by atoms with Crippen molar-refractivity contribution >= 4 is 17.7 Å². The maximum atomic E-state index is 12.1. The van der Waals surface area contributed by atoms with Crippen molar-refractivity contribution in [1.82, 2.24) is 4.90 Å². The van der Waals surface area contributed by atoms with Gasteiger partial charge in [-0.2, -0.15) is 0 Å². The standard InChI is InChI=1S/C12H23NO2S/c1-11(16-10-6-9-14)12(15)13-7-4-2-3-5-8-13/h11,14H,2-10H2,1H3. The van der Waals surface area contributed by atoms with Gasteiger partial charge in [0.15, 0.2) is 0 Å². The van der Waals surface area contributed by atoms with Gasteiger partial charge in [0.1, 0.15) is 0 Å². The summed E-state index contributed by atoms with van der Waals surface area (Å²) in [5, 5.41) is 8.74. The lowest BCUT2D eigenvalue weighted by atomic mass is 10.2. The van der Waals surface area contributed by atoms with Crippen molar-refractivity contribution in [2.75, 3.05) is 25.4 Å². The number of thioether (sulfide) groups is 1. The molecule has 1 saturated heterocycles. The van der Waals surface area contributed by atoms with Gasteiger partial charge in [0.2, 0.25) is 5.91 Å². The fourth-order valence-corrected chi connectivity index (χ4v) is 2.89. The summed E-state index contributed by atoms with van der Waals surface area (Å²) in [5.74, 6) is 1.15. The smallest absolute Gasteiger partial charge is 0.235 e. The van der Waals surface area contributed by atoms with Gasteiger partial charge in [-0.05, 0) is 31.9 Å². The van der Waals surface area contributed by atoms with E-state index in [1.807, 2.05) is 11.8 Å². The molecule has 0 saturated carbocycles. The summed E-state index contributed by atoms with van der Waals surface area (Å²) < 4.78 is 0. The summed E-state index contributed by atoms with van der Waals surface area (Å²) in [6.45, 7) is 4.07. The highest BCUT2D eigenvalue weighted by Crippen LogP contribution is 2.17. The van der Waals surface area contributed by atoms with Gasteiger partial charge in [0.25, 0.3) is 0 Å². The van der Waals surface area contributed by atoms with E-state index < -0.39 is 0 Å². The second kappa shape index (κ2) is 7.96. The molecule has 0 radical (unpaired) electrons. The summed E-state index contributed by atoms with van der Waals surface area (Å²) in [6, 6.07) is 0. The zero-order chi connectivity index (χ0) is 11.8. The number of likely N-dealkylation sites (tertiary alicyclic amines) is 1. The Bertz CT molecular complexity index is 203. The Morgan fingerprint density at radius 1 is 1.31 bits per heavy atom. The van der Waals surface area contributed by atoms with Gasteiger partial charge in [0, 0.05) is 19.7 Å². The Morgan fingerprint density at radius 2 is 1.94 bits per heavy atom. The van der Waals surface area contributed by atoms with Crippen LogP contribution in [0.1, 0.15) is 39.0 Å². The Kier molecular flexibility index (Phi) is 6.88. The maximum Gasteiger partial charge on any atom is 0.235 e. The van der Waals surface area contributed by atoms with Crippen LogP contribution in [0.25, 0.3) is 0 Å². The van der Waals surface area contributed by atoms with Crippen LogP contribution in [-0.4, -0.2) is 46.6 Å². The second-order valence-electron chi connectivity index (χ2n) is 4.33. The molecule has 0 bridgehead atoms. The molecule has 1 rings (SSSR count). The van der Waals surface area contributed by atoms with E-state index in [1.165, 1.54) is 12.8 Å². The third kappa shape index (κ3) is 4.74. The van der Waals surface area contributed by atoms with Crippen LogP contribution in [0.3, 0.4) is 0 Å². The summed E-state index contributed by atoms with van der Waals surface area (Å²) in [4.78, 5) is 14.1. The summed E-state index contributed by atoms with van der Waals surface area (Å²) in [7, 11) is 0. The number of aliphatic hydroxyl groups is 1. The van der Waals surface area contributed by atoms with Gasteiger partial charge in [-0.25, -0.2) is 0 Å². The van der Waals surface area contributed by atoms with Crippen molar-refractivity contribution in [2.45, 2.75) is 44.3 Å². The Morgan fingerprint density at radius 3 is 2.50 bits per heavy atom. The zero-order valence-corrected chi connectivity index (χ0v) is 11.0. The topological polar surface area (TPSA) is 40.5 Å². The van der Waals surface area contributed by atoms with E-state index in [-0.39, 0.29) is 17.8 Å². The average molecular weight is 245 g/mol. The van der Waals surface area contributed by atoms with Gasteiger partial charge in [-0.3, -0.25) is 4.79 Å². The zero-order valence-electron chi connectivity index (χ0n) is 10.2. The number of hydrogen-bond donors (Lipinski definition) is 1. The van der Waals surface area contributed by atoms with Crippen LogP contribution in [0, 0.1) is 0 Å². The van der Waals surface area contributed by atoms with Crippen LogP contribution in [0.15, 0.2) is 0 Å². The number of amides is 1. The third-order valence-corrected chi connectivity index (χ3v) is 4.16. The van der Waals surface area contributed by atoms with Crippen LogP contribution in [0.5, 0.6) is 0 Å². The highest BCUT2D eigenvalue weighted by Gasteiger charge is 2.21. The van der Waals surface area contributed by atoms with Gasteiger partial charge < -0.3 is 10.0 Å². The number of aliphatic hydroxyl groups excluding tert-OH is 1. The van der Waals surface area contributed by atoms with Crippen molar-refractivity contribution in [3.8, 4) is 0 Å². The molecule has 1 unspecified atom stereocenters. The number of carbonyl (C=O) groups excluding carboxylic acids is 1. The molecular weight excluding hydrogens is 222 g/mol. The first-order valence-corrected chi connectivity index (χ1v) is 7.32. The molecule has 0 aromatic rings. The van der Waals surface area contributed by atoms with E-state index in [9.17, 15) is 4.79 Å². The molecule has 16 heavy (non-hydrogen) atoms. The van der Waals surface area contributed by atoms with E-state index in [0.29, 0.717) is 0 Å². The number of hydrogen-bond acceptors (Lipinski definition) is 3. The molecule has 0 aromatic heterocycles. The van der Waals surface area contributed by atoms with E-state index in [2.05, 4.69) is 0 Å². The molecule has 3 nitrogen and oxygen atoms in total. The third-order valence-electron chi connectivity index (χ3n) is 2.94. The number of rotatable bonds is 5. The molecule has 4 heteroatoms. The van der Waals surface area contributed by atoms with Crippen molar-refractivity contribution in [3.63, 3.8) is 0 Å². The SMILES string of the molecule is CC(SCCCO)C(=O)N1CCCCCC1. The molecule has 0 aromatic carbocycles. The molecule has 0 spiro atoms. The first-order valence-electron chi connectivity index (χ1n) is 6.27. The normalized spacial score (nSPS) is 19.2. The van der Waals surface area contributed by atoms with Crippen molar-refractivity contribution < 1.29 is 9.90 Å². The van der Waals surface area contributed by atoms with Crippen LogP contribution >= 0.6 is 11.8 Å². The predicted molar refractivity (Wildman–Crippen MR) is 68.7 cm³/mol. The molecule has 1 atom stereocenters. The Hall–Kier alpha value is -0.220. The summed E-state index contributed by atoms with van der Waals surface area (Å²) >= 11 is 1.66. The minimum Gasteiger partial charge on any atom is -0.396 e. The lowest BCUT2D eigenvalue weighted by Gasteiger charge is -2.23. The molecule has 1 aliphatic rings. The molecule has 1 heterocycles. The lowest BCUT2D eigenvalue weighted by Crippen LogP contribution is -2.37. The number of nitrogens with zero attached hydrogens (tertiary/aromatic N) is 1. The summed E-state index contributed by atoms with van der Waals surface area (Å²) in [6.07, 6.45) is 5.60. The highest BCUT2D eigenvalue weighted by atomic mass is 32.2. The van der Waals surface area contributed by atoms with E-state index in [4.69, 9.17) is 5.11 Å². The highest BCUT2D eigenvalue weighted by molar-refractivity contribution is 8.00. The van der Waals surface area contributed by atoms with Crippen molar-refractivity contribution in [1.29, 1.82) is 0 Å². The Labute approximate surface area is 103 Å². The molecule has 94 valence electrons. The molecule has 1 amide bonds. The van der Waals surface area contributed by atoms with Gasteiger partial charge >= 0.3 is 0 Å². The Balaban J connectivity index is 2.30. The first-order chi connectivity index (χ1) is 7.75. The molecule has 1 aliphatic heterocycles. The van der Waals surface area contributed by atoms with Gasteiger partial charge in [0.05, 0.1) is 5.25 Å². The number of carbonyl (C=O) groups is 1. The fourth-order valence-electron chi connectivity index (χ4n) is 1.94.